The first-order chi connectivity index (χ1) is 12.6. The average molecular weight is 354 g/mol. The van der Waals surface area contributed by atoms with Crippen molar-refractivity contribution in [2.45, 2.75) is 50.0 Å². The number of para-hydroxylation sites is 1. The Morgan fingerprint density at radius 2 is 2.15 bits per heavy atom. The minimum atomic E-state index is -0.0712. The number of rotatable bonds is 3. The number of fused-ring (bicyclic) bond motifs is 1. The lowest BCUT2D eigenvalue weighted by molar-refractivity contribution is -0.146. The van der Waals surface area contributed by atoms with Crippen molar-refractivity contribution in [2.75, 3.05) is 27.3 Å². The maximum atomic E-state index is 12.3. The molecule has 0 amide bonds. The number of methoxy groups -OCH3 is 2. The van der Waals surface area contributed by atoms with Gasteiger partial charge in [0.05, 0.1) is 26.1 Å². The summed E-state index contributed by atoms with van der Waals surface area (Å²) in [5.74, 6) is 0.796. The number of hydrogen-bond donors (Lipinski definition) is 0. The third-order valence-electron chi connectivity index (χ3n) is 7.37. The van der Waals surface area contributed by atoms with Crippen LogP contribution < -0.4 is 4.74 Å². The van der Waals surface area contributed by atoms with Crippen molar-refractivity contribution in [2.24, 2.45) is 10.4 Å². The third kappa shape index (κ3) is 1.90. The second-order valence-corrected chi connectivity index (χ2v) is 8.29. The van der Waals surface area contributed by atoms with Gasteiger partial charge < -0.3 is 9.47 Å². The van der Waals surface area contributed by atoms with Crippen molar-refractivity contribution in [3.63, 3.8) is 0 Å². The van der Waals surface area contributed by atoms with E-state index in [1.54, 1.807) is 7.11 Å². The van der Waals surface area contributed by atoms with Crippen LogP contribution in [0.4, 0.5) is 5.69 Å². The van der Waals surface area contributed by atoms with E-state index < -0.39 is 0 Å². The van der Waals surface area contributed by atoms with Gasteiger partial charge >= 0.3 is 5.97 Å². The van der Waals surface area contributed by atoms with Gasteiger partial charge in [0, 0.05) is 11.8 Å². The SMILES string of the molecule is COC(=O)C[C@@]12CCCN3CC[C@@]4(C(=Nc5c(OC)cccc54)CC1)[C@H]32. The van der Waals surface area contributed by atoms with Crippen molar-refractivity contribution in [3.8, 4) is 5.75 Å². The molecule has 5 nitrogen and oxygen atoms in total. The lowest BCUT2D eigenvalue weighted by Gasteiger charge is -2.56. The van der Waals surface area contributed by atoms with Crippen LogP contribution in [0.3, 0.4) is 0 Å². The predicted octanol–water partition coefficient (Wildman–Crippen LogP) is 3.23. The number of carbonyl (C=O) groups excluding carboxylic acids is 1. The Labute approximate surface area is 154 Å². The summed E-state index contributed by atoms with van der Waals surface area (Å²) < 4.78 is 10.7. The van der Waals surface area contributed by atoms with Gasteiger partial charge in [-0.3, -0.25) is 14.7 Å². The molecule has 0 radical (unpaired) electrons. The van der Waals surface area contributed by atoms with Gasteiger partial charge in [-0.05, 0) is 62.2 Å². The molecular formula is C21H26N2O3. The summed E-state index contributed by atoms with van der Waals surface area (Å²) in [6.07, 6.45) is 5.90. The minimum Gasteiger partial charge on any atom is -0.494 e. The van der Waals surface area contributed by atoms with Gasteiger partial charge in [0.1, 0.15) is 11.4 Å². The number of benzene rings is 1. The number of carbonyl (C=O) groups is 1. The highest BCUT2D eigenvalue weighted by Gasteiger charge is 2.65. The molecule has 2 saturated heterocycles. The number of aliphatic imine (C=N–C) groups is 1. The van der Waals surface area contributed by atoms with Crippen LogP contribution in [-0.4, -0.2) is 49.9 Å². The average Bonchev–Trinajstić information content (AvgIpc) is 3.22. The molecule has 5 rings (SSSR count). The normalized spacial score (nSPS) is 34.5. The van der Waals surface area contributed by atoms with Gasteiger partial charge in [-0.2, -0.15) is 0 Å². The van der Waals surface area contributed by atoms with Gasteiger partial charge in [0.2, 0.25) is 0 Å². The first-order valence-electron chi connectivity index (χ1n) is 9.71. The molecule has 3 aliphatic heterocycles. The Morgan fingerprint density at radius 1 is 1.27 bits per heavy atom. The van der Waals surface area contributed by atoms with E-state index in [-0.39, 0.29) is 16.8 Å². The Hall–Kier alpha value is -1.88. The van der Waals surface area contributed by atoms with E-state index in [1.165, 1.54) is 24.8 Å². The van der Waals surface area contributed by atoms with Gasteiger partial charge in [0.15, 0.2) is 0 Å². The molecule has 1 aromatic carbocycles. The van der Waals surface area contributed by atoms with Crippen molar-refractivity contribution >= 4 is 17.4 Å². The fourth-order valence-electron chi connectivity index (χ4n) is 6.50. The fourth-order valence-corrected chi connectivity index (χ4v) is 6.50. The minimum absolute atomic E-state index is 0.00551. The monoisotopic (exact) mass is 354 g/mol. The molecule has 0 unspecified atom stereocenters. The highest BCUT2D eigenvalue weighted by molar-refractivity contribution is 6.05. The zero-order chi connectivity index (χ0) is 17.9. The molecule has 26 heavy (non-hydrogen) atoms. The van der Waals surface area contributed by atoms with Crippen LogP contribution in [0.1, 0.15) is 44.1 Å². The summed E-state index contributed by atoms with van der Waals surface area (Å²) in [5.41, 5.74) is 3.61. The number of esters is 1. The standard InChI is InChI=1S/C21H26N2O3/c1-25-15-6-3-5-14-18(15)22-16-7-9-20(13-17(24)26-2)8-4-11-23-12-10-21(14,16)19(20)23/h3,5-6,19H,4,7-13H2,1-2H3/t19-,20-,21-/m1/s1. The number of ether oxygens (including phenoxy) is 2. The van der Waals surface area contributed by atoms with Crippen LogP contribution in [0.25, 0.3) is 0 Å². The van der Waals surface area contributed by atoms with Crippen LogP contribution in [0.5, 0.6) is 5.75 Å². The Morgan fingerprint density at radius 3 is 2.96 bits per heavy atom. The molecule has 5 heteroatoms. The first-order valence-corrected chi connectivity index (χ1v) is 9.71. The molecule has 1 aliphatic carbocycles. The maximum absolute atomic E-state index is 12.3. The Bertz CT molecular complexity index is 804. The number of piperidine rings is 1. The summed E-state index contributed by atoms with van der Waals surface area (Å²) >= 11 is 0. The van der Waals surface area contributed by atoms with Crippen LogP contribution in [0.15, 0.2) is 23.2 Å². The number of hydrogen-bond acceptors (Lipinski definition) is 5. The van der Waals surface area contributed by atoms with Crippen LogP contribution in [0, 0.1) is 5.41 Å². The summed E-state index contributed by atoms with van der Waals surface area (Å²) in [6, 6.07) is 6.68. The summed E-state index contributed by atoms with van der Waals surface area (Å²) in [5, 5.41) is 0. The molecule has 1 saturated carbocycles. The Balaban J connectivity index is 1.68. The van der Waals surface area contributed by atoms with Crippen LogP contribution in [-0.2, 0) is 14.9 Å². The molecule has 0 aromatic heterocycles. The van der Waals surface area contributed by atoms with Gasteiger partial charge in [0.25, 0.3) is 0 Å². The molecule has 138 valence electrons. The number of nitrogens with zero attached hydrogens (tertiary/aromatic N) is 2. The predicted molar refractivity (Wildman–Crippen MR) is 99.3 cm³/mol. The van der Waals surface area contributed by atoms with Crippen molar-refractivity contribution in [3.05, 3.63) is 23.8 Å². The van der Waals surface area contributed by atoms with Crippen molar-refractivity contribution in [1.82, 2.24) is 4.90 Å². The van der Waals surface area contributed by atoms with E-state index in [0.29, 0.717) is 12.5 Å². The van der Waals surface area contributed by atoms with E-state index in [1.807, 2.05) is 6.07 Å². The zero-order valence-corrected chi connectivity index (χ0v) is 15.6. The van der Waals surface area contributed by atoms with E-state index in [2.05, 4.69) is 17.0 Å². The van der Waals surface area contributed by atoms with Crippen molar-refractivity contribution in [1.29, 1.82) is 0 Å². The largest absolute Gasteiger partial charge is 0.494 e. The Kier molecular flexibility index (Phi) is 3.48. The highest BCUT2D eigenvalue weighted by atomic mass is 16.5. The topological polar surface area (TPSA) is 51.1 Å². The van der Waals surface area contributed by atoms with Crippen molar-refractivity contribution < 1.29 is 14.3 Å². The van der Waals surface area contributed by atoms with Gasteiger partial charge in [-0.1, -0.05) is 12.1 Å². The zero-order valence-electron chi connectivity index (χ0n) is 15.6. The first kappa shape index (κ1) is 16.3. The van der Waals surface area contributed by atoms with E-state index in [0.717, 1.165) is 50.2 Å². The van der Waals surface area contributed by atoms with E-state index in [4.69, 9.17) is 14.5 Å². The lowest BCUT2D eigenvalue weighted by atomic mass is 9.53. The van der Waals surface area contributed by atoms with Gasteiger partial charge in [-0.25, -0.2) is 0 Å². The molecule has 3 heterocycles. The molecule has 0 bridgehead atoms. The molecule has 3 atom stereocenters. The second-order valence-electron chi connectivity index (χ2n) is 8.29. The third-order valence-corrected chi connectivity index (χ3v) is 7.37. The second kappa shape index (κ2) is 5.56. The smallest absolute Gasteiger partial charge is 0.306 e. The molecule has 3 fully saturated rings. The maximum Gasteiger partial charge on any atom is 0.306 e. The van der Waals surface area contributed by atoms with Crippen LogP contribution in [0.2, 0.25) is 0 Å². The fraction of sp³-hybridized carbons (Fsp3) is 0.619. The molecule has 0 N–H and O–H groups in total. The molecule has 4 aliphatic rings. The van der Waals surface area contributed by atoms with E-state index >= 15 is 0 Å². The molecule has 1 aromatic rings. The van der Waals surface area contributed by atoms with E-state index in [9.17, 15) is 4.79 Å². The molecular weight excluding hydrogens is 328 g/mol. The summed E-state index contributed by atoms with van der Waals surface area (Å²) in [6.45, 7) is 2.21. The van der Waals surface area contributed by atoms with Crippen LogP contribution >= 0.6 is 0 Å². The quantitative estimate of drug-likeness (QED) is 0.782. The summed E-state index contributed by atoms with van der Waals surface area (Å²) in [4.78, 5) is 20.0. The molecule has 1 spiro atoms. The lowest BCUT2D eigenvalue weighted by Crippen LogP contribution is -2.62. The summed E-state index contributed by atoms with van der Waals surface area (Å²) in [7, 11) is 3.23. The van der Waals surface area contributed by atoms with Gasteiger partial charge in [-0.15, -0.1) is 0 Å². The highest BCUT2D eigenvalue weighted by Crippen LogP contribution is 2.63.